The van der Waals surface area contributed by atoms with Crippen molar-refractivity contribution < 1.29 is 0 Å². The molecule has 1 heterocycles. The summed E-state index contributed by atoms with van der Waals surface area (Å²) < 4.78 is 1.61. The Morgan fingerprint density at radius 1 is 1.25 bits per heavy atom. The highest BCUT2D eigenvalue weighted by molar-refractivity contribution is 6.32. The number of nitrogens with zero attached hydrogens (tertiary/aromatic N) is 2. The molecule has 1 N–H and O–H groups in total. The van der Waals surface area contributed by atoms with E-state index in [9.17, 15) is 4.79 Å². The van der Waals surface area contributed by atoms with Gasteiger partial charge in [0.15, 0.2) is 0 Å². The average molecular weight is 340 g/mol. The third-order valence-corrected chi connectivity index (χ3v) is 4.95. The van der Waals surface area contributed by atoms with E-state index in [1.54, 1.807) is 17.7 Å². The van der Waals surface area contributed by atoms with Crippen LogP contribution in [0.1, 0.15) is 29.9 Å². The number of para-hydroxylation sites is 1. The predicted molar refractivity (Wildman–Crippen MR) is 98.6 cm³/mol. The molecule has 1 saturated carbocycles. The number of halogens is 1. The number of hydrogen-bond acceptors (Lipinski definition) is 3. The van der Waals surface area contributed by atoms with Gasteiger partial charge in [-0.3, -0.25) is 4.57 Å². The second-order valence-corrected chi connectivity index (χ2v) is 6.69. The van der Waals surface area contributed by atoms with Crippen LogP contribution >= 0.6 is 11.6 Å². The Bertz CT molecular complexity index is 1010. The van der Waals surface area contributed by atoms with E-state index < -0.39 is 0 Å². The minimum Gasteiger partial charge on any atom is -0.372 e. The zero-order valence-corrected chi connectivity index (χ0v) is 14.4. The number of benzene rings is 2. The van der Waals surface area contributed by atoms with Crippen LogP contribution in [-0.2, 0) is 0 Å². The van der Waals surface area contributed by atoms with E-state index in [0.29, 0.717) is 22.4 Å². The van der Waals surface area contributed by atoms with Crippen LogP contribution in [0, 0.1) is 6.92 Å². The standard InChI is InChI=1S/C19H18ClN3O/c1-11-9-14-17(10-13(11)12-7-8-12)23(19(24)22-18(14)21-2)16-6-4-3-5-15(16)20/h3-6,9-10,12H,7-8H2,1-2H3,(H,21,22,24). The van der Waals surface area contributed by atoms with Gasteiger partial charge < -0.3 is 5.32 Å². The molecule has 0 atom stereocenters. The molecule has 1 aliphatic carbocycles. The van der Waals surface area contributed by atoms with Crippen molar-refractivity contribution in [3.05, 3.63) is 63.0 Å². The summed E-state index contributed by atoms with van der Waals surface area (Å²) in [6, 6.07) is 11.6. The lowest BCUT2D eigenvalue weighted by Gasteiger charge is -2.16. The summed E-state index contributed by atoms with van der Waals surface area (Å²) in [7, 11) is 1.78. The van der Waals surface area contributed by atoms with Crippen molar-refractivity contribution >= 4 is 28.3 Å². The van der Waals surface area contributed by atoms with E-state index in [4.69, 9.17) is 11.6 Å². The molecule has 1 fully saturated rings. The largest absolute Gasteiger partial charge is 0.372 e. The molecule has 3 aromatic rings. The first-order valence-electron chi connectivity index (χ1n) is 8.10. The van der Waals surface area contributed by atoms with E-state index >= 15 is 0 Å². The molecule has 0 radical (unpaired) electrons. The molecule has 24 heavy (non-hydrogen) atoms. The van der Waals surface area contributed by atoms with Crippen LogP contribution in [0.5, 0.6) is 0 Å². The van der Waals surface area contributed by atoms with Gasteiger partial charge in [0.05, 0.1) is 16.2 Å². The maximum atomic E-state index is 12.7. The quantitative estimate of drug-likeness (QED) is 0.775. The average Bonchev–Trinajstić information content (AvgIpc) is 3.40. The fraction of sp³-hybridized carbons (Fsp3) is 0.263. The zero-order chi connectivity index (χ0) is 16.8. The third-order valence-electron chi connectivity index (χ3n) is 4.63. The van der Waals surface area contributed by atoms with Gasteiger partial charge in [-0.1, -0.05) is 23.7 Å². The van der Waals surface area contributed by atoms with Gasteiger partial charge in [-0.05, 0) is 61.1 Å². The summed E-state index contributed by atoms with van der Waals surface area (Å²) in [5, 5.41) is 4.50. The molecule has 1 aliphatic rings. The van der Waals surface area contributed by atoms with Crippen LogP contribution in [0.25, 0.3) is 16.6 Å². The molecule has 4 rings (SSSR count). The number of nitrogens with one attached hydrogen (secondary N) is 1. The first kappa shape index (κ1) is 15.2. The highest BCUT2D eigenvalue weighted by atomic mass is 35.5. The van der Waals surface area contributed by atoms with E-state index in [1.807, 2.05) is 18.2 Å². The van der Waals surface area contributed by atoms with Crippen LogP contribution < -0.4 is 11.0 Å². The number of aromatic nitrogens is 2. The molecule has 2 aromatic carbocycles. The maximum absolute atomic E-state index is 12.7. The summed E-state index contributed by atoms with van der Waals surface area (Å²) in [4.78, 5) is 16.9. The van der Waals surface area contributed by atoms with E-state index in [-0.39, 0.29) is 5.69 Å². The van der Waals surface area contributed by atoms with Gasteiger partial charge in [0, 0.05) is 12.4 Å². The molecule has 0 saturated heterocycles. The smallest absolute Gasteiger partial charge is 0.354 e. The van der Waals surface area contributed by atoms with Crippen molar-refractivity contribution in [2.45, 2.75) is 25.7 Å². The van der Waals surface area contributed by atoms with Crippen molar-refractivity contribution in [3.8, 4) is 5.69 Å². The van der Waals surface area contributed by atoms with Crippen molar-refractivity contribution in [2.75, 3.05) is 12.4 Å². The molecule has 5 heteroatoms. The lowest BCUT2D eigenvalue weighted by molar-refractivity contribution is 0.956. The lowest BCUT2D eigenvalue weighted by Crippen LogP contribution is -2.23. The number of aryl methyl sites for hydroxylation is 1. The van der Waals surface area contributed by atoms with Crippen molar-refractivity contribution in [3.63, 3.8) is 0 Å². The Labute approximate surface area is 145 Å². The highest BCUT2D eigenvalue weighted by Gasteiger charge is 2.26. The van der Waals surface area contributed by atoms with Crippen LogP contribution in [-0.4, -0.2) is 16.6 Å². The predicted octanol–water partition coefficient (Wildman–Crippen LogP) is 4.27. The molecule has 4 nitrogen and oxygen atoms in total. The molecule has 0 unspecified atom stereocenters. The maximum Gasteiger partial charge on any atom is 0.354 e. The topological polar surface area (TPSA) is 46.9 Å². The summed E-state index contributed by atoms with van der Waals surface area (Å²) in [6.07, 6.45) is 2.43. The molecular weight excluding hydrogens is 322 g/mol. The number of rotatable bonds is 3. The zero-order valence-electron chi connectivity index (χ0n) is 13.6. The first-order chi connectivity index (χ1) is 11.6. The van der Waals surface area contributed by atoms with Gasteiger partial charge in [0.2, 0.25) is 0 Å². The lowest BCUT2D eigenvalue weighted by atomic mass is 10.0. The third kappa shape index (κ3) is 2.38. The van der Waals surface area contributed by atoms with Crippen molar-refractivity contribution in [1.29, 1.82) is 0 Å². The van der Waals surface area contributed by atoms with E-state index in [1.165, 1.54) is 24.0 Å². The molecule has 0 spiro atoms. The fourth-order valence-corrected chi connectivity index (χ4v) is 3.51. The summed E-state index contributed by atoms with van der Waals surface area (Å²) >= 11 is 6.35. The second kappa shape index (κ2) is 5.64. The number of hydrogen-bond donors (Lipinski definition) is 1. The molecule has 122 valence electrons. The Hall–Kier alpha value is -2.33. The minimum absolute atomic E-state index is 0.328. The Morgan fingerprint density at radius 3 is 2.67 bits per heavy atom. The van der Waals surface area contributed by atoms with Crippen LogP contribution in [0.2, 0.25) is 5.02 Å². The van der Waals surface area contributed by atoms with Gasteiger partial charge >= 0.3 is 5.69 Å². The van der Waals surface area contributed by atoms with Gasteiger partial charge in [0.1, 0.15) is 5.82 Å². The minimum atomic E-state index is -0.328. The van der Waals surface area contributed by atoms with Gasteiger partial charge in [-0.2, -0.15) is 4.98 Å². The number of fused-ring (bicyclic) bond motifs is 1. The van der Waals surface area contributed by atoms with Crippen molar-refractivity contribution in [2.24, 2.45) is 0 Å². The Balaban J connectivity index is 2.12. The summed E-state index contributed by atoms with van der Waals surface area (Å²) in [6.45, 7) is 2.12. The molecule has 0 bridgehead atoms. The summed E-state index contributed by atoms with van der Waals surface area (Å²) in [5.41, 5.74) is 3.74. The van der Waals surface area contributed by atoms with Crippen molar-refractivity contribution in [1.82, 2.24) is 9.55 Å². The van der Waals surface area contributed by atoms with Crippen LogP contribution in [0.3, 0.4) is 0 Å². The normalized spacial score (nSPS) is 14.1. The van der Waals surface area contributed by atoms with E-state index in [2.05, 4.69) is 29.4 Å². The Kier molecular flexibility index (Phi) is 3.57. The SMILES string of the molecule is CNc1nc(=O)n(-c2ccccc2Cl)c2cc(C3CC3)c(C)cc12. The summed E-state index contributed by atoms with van der Waals surface area (Å²) in [5.74, 6) is 1.21. The fourth-order valence-electron chi connectivity index (χ4n) is 3.29. The molecule has 0 amide bonds. The van der Waals surface area contributed by atoms with Gasteiger partial charge in [-0.15, -0.1) is 0 Å². The van der Waals surface area contributed by atoms with Crippen LogP contribution in [0.15, 0.2) is 41.2 Å². The van der Waals surface area contributed by atoms with E-state index in [0.717, 1.165) is 10.9 Å². The number of anilines is 1. The molecule has 0 aliphatic heterocycles. The first-order valence-corrected chi connectivity index (χ1v) is 8.48. The Morgan fingerprint density at radius 2 is 2.00 bits per heavy atom. The van der Waals surface area contributed by atoms with Gasteiger partial charge in [0.25, 0.3) is 0 Å². The second-order valence-electron chi connectivity index (χ2n) is 6.28. The highest BCUT2D eigenvalue weighted by Crippen LogP contribution is 2.43. The molecule has 1 aromatic heterocycles. The molecular formula is C19H18ClN3O. The van der Waals surface area contributed by atoms with Gasteiger partial charge in [-0.25, -0.2) is 4.79 Å². The monoisotopic (exact) mass is 339 g/mol. The van der Waals surface area contributed by atoms with Crippen LogP contribution in [0.4, 0.5) is 5.82 Å².